The Balaban J connectivity index is 1.96. The zero-order chi connectivity index (χ0) is 20.0. The highest BCUT2D eigenvalue weighted by molar-refractivity contribution is 5.92. The van der Waals surface area contributed by atoms with E-state index >= 15 is 0 Å². The van der Waals surface area contributed by atoms with Crippen LogP contribution in [0.25, 0.3) is 0 Å². The van der Waals surface area contributed by atoms with Crippen molar-refractivity contribution in [1.82, 2.24) is 9.80 Å². The Morgan fingerprint density at radius 3 is 2.56 bits per heavy atom. The van der Waals surface area contributed by atoms with Crippen molar-refractivity contribution in [2.24, 2.45) is 0 Å². The summed E-state index contributed by atoms with van der Waals surface area (Å²) in [7, 11) is 3.36. The molecule has 1 aromatic rings. The zero-order valence-corrected chi connectivity index (χ0v) is 16.2. The highest BCUT2D eigenvalue weighted by Crippen LogP contribution is 2.33. The third kappa shape index (κ3) is 5.04. The predicted octanol–water partition coefficient (Wildman–Crippen LogP) is 2.77. The Labute approximate surface area is 159 Å². The number of halogens is 1. The summed E-state index contributed by atoms with van der Waals surface area (Å²) >= 11 is 0. The minimum absolute atomic E-state index is 0.0171. The van der Waals surface area contributed by atoms with E-state index in [0.29, 0.717) is 18.5 Å². The summed E-state index contributed by atoms with van der Waals surface area (Å²) in [5.41, 5.74) is -0.385. The third-order valence-corrected chi connectivity index (χ3v) is 5.38. The summed E-state index contributed by atoms with van der Waals surface area (Å²) in [5, 5.41) is 12.3. The maximum Gasteiger partial charge on any atom is 0.240 e. The average Bonchev–Trinajstić information content (AvgIpc) is 2.66. The van der Waals surface area contributed by atoms with Crippen molar-refractivity contribution in [3.05, 3.63) is 30.1 Å². The van der Waals surface area contributed by atoms with Crippen LogP contribution >= 0.6 is 0 Å². The molecule has 1 aliphatic rings. The fourth-order valence-corrected chi connectivity index (χ4v) is 3.47. The number of rotatable bonds is 6. The van der Waals surface area contributed by atoms with Crippen LogP contribution in [-0.4, -0.2) is 53.8 Å². The Kier molecular flexibility index (Phi) is 6.92. The first-order chi connectivity index (χ1) is 12.8. The molecule has 6 nitrogen and oxygen atoms in total. The van der Waals surface area contributed by atoms with Gasteiger partial charge in [-0.05, 0) is 45.0 Å². The van der Waals surface area contributed by atoms with Crippen LogP contribution < -0.4 is 5.32 Å². The van der Waals surface area contributed by atoms with Crippen LogP contribution in [-0.2, 0) is 9.59 Å². The summed E-state index contributed by atoms with van der Waals surface area (Å²) in [5.74, 6) is -0.946. The fourth-order valence-electron chi connectivity index (χ4n) is 3.47. The molecule has 1 fully saturated rings. The van der Waals surface area contributed by atoms with Crippen molar-refractivity contribution in [3.63, 3.8) is 0 Å². The van der Waals surface area contributed by atoms with Crippen molar-refractivity contribution in [2.75, 3.05) is 26.0 Å². The number of benzene rings is 1. The number of hydrogen-bond donors (Lipinski definition) is 1. The summed E-state index contributed by atoms with van der Waals surface area (Å²) in [6.07, 6.45) is 4.32. The molecule has 1 N–H and O–H groups in total. The maximum absolute atomic E-state index is 13.2. The molecule has 2 amide bonds. The number of hydrogen-bond acceptors (Lipinski definition) is 4. The van der Waals surface area contributed by atoms with Gasteiger partial charge in [-0.3, -0.25) is 14.5 Å². The molecule has 27 heavy (non-hydrogen) atoms. The predicted molar refractivity (Wildman–Crippen MR) is 101 cm³/mol. The topological polar surface area (TPSA) is 76.4 Å². The zero-order valence-electron chi connectivity index (χ0n) is 16.2. The van der Waals surface area contributed by atoms with Crippen LogP contribution in [0.3, 0.4) is 0 Å². The Morgan fingerprint density at radius 1 is 1.30 bits per heavy atom. The van der Waals surface area contributed by atoms with E-state index in [1.54, 1.807) is 36.9 Å². The van der Waals surface area contributed by atoms with Crippen LogP contribution in [0.4, 0.5) is 10.1 Å². The number of likely N-dealkylation sites (N-methyl/N-ethyl adjacent to an activating group) is 2. The smallest absolute Gasteiger partial charge is 0.240 e. The molecule has 2 rings (SSSR count). The molecule has 1 aromatic carbocycles. The lowest BCUT2D eigenvalue weighted by Crippen LogP contribution is -2.55. The van der Waals surface area contributed by atoms with Crippen LogP contribution in [0.1, 0.15) is 39.0 Å². The van der Waals surface area contributed by atoms with Gasteiger partial charge in [0, 0.05) is 12.7 Å². The van der Waals surface area contributed by atoms with Crippen LogP contribution in [0.5, 0.6) is 0 Å². The lowest BCUT2D eigenvalue weighted by Gasteiger charge is -2.41. The molecule has 1 aliphatic carbocycles. The van der Waals surface area contributed by atoms with E-state index in [0.717, 1.165) is 19.3 Å². The molecular formula is C20H27FN4O2. The number of amides is 2. The molecule has 0 saturated heterocycles. The first kappa shape index (κ1) is 20.8. The van der Waals surface area contributed by atoms with Gasteiger partial charge in [0.25, 0.3) is 0 Å². The number of carbonyl (C=O) groups is 2. The minimum Gasteiger partial charge on any atom is -0.326 e. The van der Waals surface area contributed by atoms with Gasteiger partial charge in [0.05, 0.1) is 18.7 Å². The highest BCUT2D eigenvalue weighted by Gasteiger charge is 2.40. The van der Waals surface area contributed by atoms with Crippen LogP contribution in [0.15, 0.2) is 24.3 Å². The second kappa shape index (κ2) is 8.96. The van der Waals surface area contributed by atoms with Gasteiger partial charge in [-0.1, -0.05) is 25.3 Å². The average molecular weight is 374 g/mol. The van der Waals surface area contributed by atoms with Crippen molar-refractivity contribution < 1.29 is 14.0 Å². The van der Waals surface area contributed by atoms with Crippen molar-refractivity contribution in [2.45, 2.75) is 50.6 Å². The van der Waals surface area contributed by atoms with Gasteiger partial charge in [0.1, 0.15) is 11.4 Å². The minimum atomic E-state index is -0.756. The van der Waals surface area contributed by atoms with Crippen molar-refractivity contribution in [3.8, 4) is 6.07 Å². The second-order valence-corrected chi connectivity index (χ2v) is 7.25. The fraction of sp³-hybridized carbons (Fsp3) is 0.550. The van der Waals surface area contributed by atoms with Gasteiger partial charge in [0.15, 0.2) is 0 Å². The number of carbonyl (C=O) groups excluding carboxylic acids is 2. The van der Waals surface area contributed by atoms with Crippen molar-refractivity contribution >= 4 is 17.5 Å². The highest BCUT2D eigenvalue weighted by atomic mass is 19.1. The molecule has 1 saturated carbocycles. The van der Waals surface area contributed by atoms with E-state index in [1.807, 2.05) is 0 Å². The molecular weight excluding hydrogens is 347 g/mol. The molecule has 1 atom stereocenters. The second-order valence-electron chi connectivity index (χ2n) is 7.25. The van der Waals surface area contributed by atoms with E-state index in [2.05, 4.69) is 11.4 Å². The lowest BCUT2D eigenvalue weighted by atomic mass is 9.81. The van der Waals surface area contributed by atoms with Gasteiger partial charge in [-0.15, -0.1) is 0 Å². The standard InChI is InChI=1S/C20H27FN4O2/c1-15(19(27)25(3)20(14-22)10-5-4-6-11-20)24(2)13-18(26)23-17-9-7-8-16(21)12-17/h7-9,12,15H,4-6,10-11,13H2,1-3H3,(H,23,26). The largest absolute Gasteiger partial charge is 0.326 e. The van der Waals surface area contributed by atoms with Gasteiger partial charge < -0.3 is 10.2 Å². The normalized spacial score (nSPS) is 17.0. The monoisotopic (exact) mass is 374 g/mol. The molecule has 0 heterocycles. The quantitative estimate of drug-likeness (QED) is 0.831. The Bertz CT molecular complexity index is 725. The third-order valence-electron chi connectivity index (χ3n) is 5.38. The van der Waals surface area contributed by atoms with Crippen molar-refractivity contribution in [1.29, 1.82) is 5.26 Å². The summed E-state index contributed by atoms with van der Waals surface area (Å²) in [6, 6.07) is 7.44. The molecule has 1 unspecified atom stereocenters. The maximum atomic E-state index is 13.2. The first-order valence-electron chi connectivity index (χ1n) is 9.23. The number of nitriles is 1. The van der Waals surface area contributed by atoms with Crippen LogP contribution in [0.2, 0.25) is 0 Å². The van der Waals surface area contributed by atoms with Crippen LogP contribution in [0, 0.1) is 17.1 Å². The molecule has 7 heteroatoms. The number of anilines is 1. The van der Waals surface area contributed by atoms with E-state index in [4.69, 9.17) is 0 Å². The summed E-state index contributed by atoms with van der Waals surface area (Å²) < 4.78 is 13.2. The Morgan fingerprint density at radius 2 is 1.96 bits per heavy atom. The van der Waals surface area contributed by atoms with E-state index < -0.39 is 17.4 Å². The molecule has 0 aliphatic heterocycles. The van der Waals surface area contributed by atoms with E-state index in [1.165, 1.54) is 18.2 Å². The van der Waals surface area contributed by atoms with Gasteiger partial charge in [-0.2, -0.15) is 5.26 Å². The molecule has 146 valence electrons. The first-order valence-corrected chi connectivity index (χ1v) is 9.23. The molecule has 0 radical (unpaired) electrons. The van der Waals surface area contributed by atoms with E-state index in [-0.39, 0.29) is 18.4 Å². The Hall–Kier alpha value is -2.46. The van der Waals surface area contributed by atoms with Gasteiger partial charge in [-0.25, -0.2) is 4.39 Å². The summed E-state index contributed by atoms with van der Waals surface area (Å²) in [4.78, 5) is 28.3. The van der Waals surface area contributed by atoms with E-state index in [9.17, 15) is 19.2 Å². The molecule has 0 aromatic heterocycles. The number of nitrogens with one attached hydrogen (secondary N) is 1. The molecule has 0 spiro atoms. The number of nitrogens with zero attached hydrogens (tertiary/aromatic N) is 3. The lowest BCUT2D eigenvalue weighted by molar-refractivity contribution is -0.140. The summed E-state index contributed by atoms with van der Waals surface area (Å²) in [6.45, 7) is 1.71. The van der Waals surface area contributed by atoms with Gasteiger partial charge >= 0.3 is 0 Å². The SMILES string of the molecule is CC(C(=O)N(C)C1(C#N)CCCCC1)N(C)CC(=O)Nc1cccc(F)c1. The molecule has 0 bridgehead atoms. The van der Waals surface area contributed by atoms with Gasteiger partial charge in [0.2, 0.25) is 11.8 Å².